The maximum Gasteiger partial charge on any atom is 0.273 e. The molecular weight excluding hydrogens is 825 g/mol. The van der Waals surface area contributed by atoms with Crippen molar-refractivity contribution in [2.24, 2.45) is 7.05 Å². The lowest BCUT2D eigenvalue weighted by molar-refractivity contribution is -0.136. The number of carbonyl (C=O) groups excluding carboxylic acids is 7. The predicted molar refractivity (Wildman–Crippen MR) is 222 cm³/mol. The third kappa shape index (κ3) is 11.3. The fraction of sp³-hybridized carbons (Fsp3) is 0.375. The molecule has 4 heterocycles. The number of nitrogens with one attached hydrogen (secondary N) is 6. The Bertz CT molecular complexity index is 2370. The number of nitrogens with zero attached hydrogens (tertiary/aromatic N) is 6. The number of amides is 7. The van der Waals surface area contributed by atoms with Gasteiger partial charge in [-0.05, 0) is 30.7 Å². The van der Waals surface area contributed by atoms with Crippen molar-refractivity contribution in [2.75, 3.05) is 82.8 Å². The van der Waals surface area contributed by atoms with Crippen LogP contribution in [0.2, 0.25) is 0 Å². The van der Waals surface area contributed by atoms with Gasteiger partial charge in [0.1, 0.15) is 12.4 Å². The number of hydrogen-bond donors (Lipinski definition) is 6. The first-order chi connectivity index (χ1) is 30.5. The van der Waals surface area contributed by atoms with E-state index in [1.165, 1.54) is 26.3 Å². The first-order valence-corrected chi connectivity index (χ1v) is 19.8. The number of piperidine rings is 1. The molecule has 0 aliphatic carbocycles. The van der Waals surface area contributed by atoms with Gasteiger partial charge in [0, 0.05) is 45.2 Å². The van der Waals surface area contributed by atoms with Crippen molar-refractivity contribution in [3.8, 4) is 17.1 Å². The smallest absolute Gasteiger partial charge is 0.273 e. The van der Waals surface area contributed by atoms with Gasteiger partial charge >= 0.3 is 0 Å². The summed E-state index contributed by atoms with van der Waals surface area (Å²) in [6, 6.07) is 10.5. The molecule has 0 radical (unpaired) electrons. The number of anilines is 4. The number of aromatic nitrogens is 5. The van der Waals surface area contributed by atoms with Gasteiger partial charge in [0.15, 0.2) is 23.1 Å². The summed E-state index contributed by atoms with van der Waals surface area (Å²) in [6.45, 7) is 1.32. The number of fused-ring (bicyclic) bond motifs is 1. The highest BCUT2D eigenvalue weighted by molar-refractivity contribution is 6.25. The molecule has 0 saturated carbocycles. The quantitative estimate of drug-likeness (QED) is 0.0460. The first-order valence-electron chi connectivity index (χ1n) is 19.8. The third-order valence-electron chi connectivity index (χ3n) is 9.53. The molecule has 1 saturated heterocycles. The summed E-state index contributed by atoms with van der Waals surface area (Å²) in [5, 5.41) is 28.3. The molecule has 2 aliphatic rings. The molecule has 2 aliphatic heterocycles. The number of methoxy groups -OCH3 is 1. The van der Waals surface area contributed by atoms with Crippen LogP contribution in [0.25, 0.3) is 11.4 Å². The van der Waals surface area contributed by atoms with Crippen LogP contribution in [-0.2, 0) is 40.4 Å². The lowest BCUT2D eigenvalue weighted by atomic mass is 10.0. The minimum Gasteiger partial charge on any atom is -0.494 e. The number of para-hydroxylation sites is 1. The molecule has 0 bridgehead atoms. The largest absolute Gasteiger partial charge is 0.494 e. The third-order valence-corrected chi connectivity index (χ3v) is 9.53. The van der Waals surface area contributed by atoms with E-state index in [9.17, 15) is 33.6 Å². The molecule has 23 nitrogen and oxygen atoms in total. The predicted octanol–water partition coefficient (Wildman–Crippen LogP) is 0.392. The molecule has 4 aromatic rings. The second-order valence-corrected chi connectivity index (χ2v) is 13.8. The Morgan fingerprint density at radius 1 is 0.857 bits per heavy atom. The lowest BCUT2D eigenvalue weighted by Gasteiger charge is -2.27. The maximum atomic E-state index is 13.2. The number of aryl methyl sites for hydroxylation is 1. The molecule has 23 heteroatoms. The summed E-state index contributed by atoms with van der Waals surface area (Å²) in [5.74, 6) is -2.99. The van der Waals surface area contributed by atoms with Crippen LogP contribution in [0.4, 0.5) is 22.9 Å². The van der Waals surface area contributed by atoms with Crippen molar-refractivity contribution in [3.05, 3.63) is 65.6 Å². The topological polar surface area (TPSA) is 288 Å². The zero-order valence-electron chi connectivity index (χ0n) is 34.6. The molecule has 6 N–H and O–H groups in total. The number of imide groups is 2. The van der Waals surface area contributed by atoms with Gasteiger partial charge in [-0.1, -0.05) is 12.1 Å². The molecule has 2 aromatic carbocycles. The van der Waals surface area contributed by atoms with Gasteiger partial charge in [-0.3, -0.25) is 48.5 Å². The summed E-state index contributed by atoms with van der Waals surface area (Å²) < 4.78 is 23.8. The number of ether oxygens (including phenoxy) is 4. The normalized spacial score (nSPS) is 14.5. The molecule has 6 rings (SSSR count). The van der Waals surface area contributed by atoms with Crippen molar-refractivity contribution in [3.63, 3.8) is 0 Å². The van der Waals surface area contributed by atoms with Crippen molar-refractivity contribution in [1.29, 1.82) is 0 Å². The number of benzene rings is 2. The van der Waals surface area contributed by atoms with E-state index in [0.29, 0.717) is 35.1 Å². The lowest BCUT2D eigenvalue weighted by Crippen LogP contribution is -2.54. The van der Waals surface area contributed by atoms with Gasteiger partial charge in [-0.2, -0.15) is 5.10 Å². The van der Waals surface area contributed by atoms with Gasteiger partial charge in [0.2, 0.25) is 23.6 Å². The Morgan fingerprint density at radius 3 is 2.27 bits per heavy atom. The van der Waals surface area contributed by atoms with Crippen LogP contribution < -0.4 is 36.6 Å². The molecule has 332 valence electrons. The van der Waals surface area contributed by atoms with Crippen LogP contribution >= 0.6 is 0 Å². The van der Waals surface area contributed by atoms with Crippen molar-refractivity contribution >= 4 is 64.2 Å². The minimum absolute atomic E-state index is 0.00760. The summed E-state index contributed by atoms with van der Waals surface area (Å²) in [5.41, 5.74) is 2.00. The first kappa shape index (κ1) is 45.2. The molecular formula is C40H46N12O11. The summed E-state index contributed by atoms with van der Waals surface area (Å²) in [4.78, 5) is 93.0. The van der Waals surface area contributed by atoms with Gasteiger partial charge in [-0.15, -0.1) is 10.2 Å². The van der Waals surface area contributed by atoms with Crippen molar-refractivity contribution in [2.45, 2.75) is 25.3 Å². The van der Waals surface area contributed by atoms with E-state index < -0.39 is 47.4 Å². The summed E-state index contributed by atoms with van der Waals surface area (Å²) >= 11 is 0. The van der Waals surface area contributed by atoms with E-state index in [0.717, 1.165) is 4.90 Å². The molecule has 63 heavy (non-hydrogen) atoms. The van der Waals surface area contributed by atoms with Crippen LogP contribution in [0.5, 0.6) is 5.75 Å². The van der Waals surface area contributed by atoms with Crippen LogP contribution in [0.15, 0.2) is 48.8 Å². The Kier molecular flexibility index (Phi) is 15.4. The van der Waals surface area contributed by atoms with Crippen LogP contribution in [0.1, 0.15) is 50.5 Å². The fourth-order valence-corrected chi connectivity index (χ4v) is 6.55. The van der Waals surface area contributed by atoms with E-state index >= 15 is 0 Å². The van der Waals surface area contributed by atoms with Gasteiger partial charge < -0.3 is 45.5 Å². The van der Waals surface area contributed by atoms with Gasteiger partial charge in [0.25, 0.3) is 17.7 Å². The summed E-state index contributed by atoms with van der Waals surface area (Å²) in [7, 11) is 4.67. The average Bonchev–Trinajstić information content (AvgIpc) is 3.82. The second kappa shape index (κ2) is 21.4. The van der Waals surface area contributed by atoms with Gasteiger partial charge in [-0.25, -0.2) is 4.98 Å². The second-order valence-electron chi connectivity index (χ2n) is 13.8. The zero-order chi connectivity index (χ0) is 44.9. The number of carbonyl (C=O) groups is 7. The summed E-state index contributed by atoms with van der Waals surface area (Å²) in [6.07, 6.45) is 1.65. The highest BCUT2D eigenvalue weighted by Crippen LogP contribution is 2.37. The maximum absolute atomic E-state index is 13.2. The standard InChI is InChI=1S/C40H46N12O11/c1-41-38(57)34-27(45-26-9-5-7-24(35(26)60-3)36-44-22-51(2)50-36)20-29(48-49-34)46-32(55)21-43-30(53)12-14-61-16-18-63-19-17-62-15-13-42-25-8-4-6-23-33(25)40(59)52(39(23)58)28-10-11-31(54)47-37(28)56/h4-9,20,22,28,42H,10-19,21H2,1-3H3,(H,41,57)(H,43,53)(H,47,54,56)(H2,45,46,48,55). The van der Waals surface area contributed by atoms with Crippen molar-refractivity contribution < 1.29 is 52.5 Å². The molecule has 1 fully saturated rings. The molecule has 1 atom stereocenters. The minimum atomic E-state index is -1.05. The number of rotatable bonds is 22. The van der Waals surface area contributed by atoms with Crippen LogP contribution in [0.3, 0.4) is 0 Å². The van der Waals surface area contributed by atoms with E-state index in [4.69, 9.17) is 18.9 Å². The van der Waals surface area contributed by atoms with E-state index in [1.807, 2.05) is 0 Å². The van der Waals surface area contributed by atoms with E-state index in [1.54, 1.807) is 48.4 Å². The Labute approximate surface area is 359 Å². The zero-order valence-corrected chi connectivity index (χ0v) is 34.6. The molecule has 1 unspecified atom stereocenters. The van der Waals surface area contributed by atoms with E-state index in [-0.39, 0.29) is 93.8 Å². The Morgan fingerprint density at radius 2 is 1.57 bits per heavy atom. The number of hydrogen-bond acceptors (Lipinski definition) is 17. The van der Waals surface area contributed by atoms with Crippen LogP contribution in [0, 0.1) is 0 Å². The highest BCUT2D eigenvalue weighted by atomic mass is 16.5. The average molecular weight is 871 g/mol. The van der Waals surface area contributed by atoms with Gasteiger partial charge in [0.05, 0.1) is 81.4 Å². The van der Waals surface area contributed by atoms with Crippen LogP contribution in [-0.4, -0.2) is 144 Å². The van der Waals surface area contributed by atoms with E-state index in [2.05, 4.69) is 52.2 Å². The molecule has 0 spiro atoms. The Hall–Kier alpha value is -7.37. The molecule has 7 amide bonds. The highest BCUT2D eigenvalue weighted by Gasteiger charge is 2.45. The molecule has 2 aromatic heterocycles. The fourth-order valence-electron chi connectivity index (χ4n) is 6.55. The monoisotopic (exact) mass is 870 g/mol. The SMILES string of the molecule is CNC(=O)c1nnc(NC(=O)CNC(=O)CCOCCOCCOCCNc2cccc3c2C(=O)N(C2CCC(=O)NC2=O)C3=O)cc1Nc1cccc(-c2ncn(C)n2)c1OC. The Balaban J connectivity index is 0.844. The van der Waals surface area contributed by atoms with Crippen molar-refractivity contribution in [1.82, 2.24) is 45.8 Å².